The van der Waals surface area contributed by atoms with Crippen molar-refractivity contribution in [2.45, 2.75) is 62.3 Å². The molecule has 2 aliphatic heterocycles. The van der Waals surface area contributed by atoms with E-state index in [-0.39, 0.29) is 0 Å². The Morgan fingerprint density at radius 2 is 1.66 bits per heavy atom. The van der Waals surface area contributed by atoms with Crippen LogP contribution in [0, 0.1) is 0 Å². The van der Waals surface area contributed by atoms with Crippen molar-refractivity contribution in [3.05, 3.63) is 0 Å². The molecule has 190 valence electrons. The molecule has 0 aromatic carbocycles. The van der Waals surface area contributed by atoms with E-state index in [9.17, 15) is 35.5 Å². The van der Waals surface area contributed by atoms with Gasteiger partial charge in [0.15, 0.2) is 6.29 Å². The first-order valence-corrected chi connectivity index (χ1v) is 12.9. The fraction of sp³-hybridized carbons (Fsp3) is 1.00. The number of nitrogens with one attached hydrogen (secondary N) is 1. The summed E-state index contributed by atoms with van der Waals surface area (Å²) in [4.78, 5) is 0. The summed E-state index contributed by atoms with van der Waals surface area (Å²) in [6, 6.07) is -1.55. The second kappa shape index (κ2) is 10.4. The van der Waals surface area contributed by atoms with E-state index in [4.69, 9.17) is 27.9 Å². The standard InChI is InChI=1S/C12H23NO16S3/c1-5-9(13-30(16,17)18)10(15)11(8(27-5)4-26-31(19,20)21)28-12-7(29-32(22,23)24)2-6(14)3-25-12/h5-15H,2-4H2,1H3,(H,16,17,18)(H,19,20,21)(H,22,23,24). The van der Waals surface area contributed by atoms with Crippen LogP contribution in [0.15, 0.2) is 0 Å². The topological polar surface area (TPSA) is 262 Å². The Labute approximate surface area is 183 Å². The summed E-state index contributed by atoms with van der Waals surface area (Å²) >= 11 is 0. The van der Waals surface area contributed by atoms with Gasteiger partial charge >= 0.3 is 31.1 Å². The average Bonchev–Trinajstić information content (AvgIpc) is 2.58. The predicted octanol–water partition coefficient (Wildman–Crippen LogP) is -3.60. The van der Waals surface area contributed by atoms with Crippen molar-refractivity contribution in [1.82, 2.24) is 4.72 Å². The highest BCUT2D eigenvalue weighted by Crippen LogP contribution is 2.29. The summed E-state index contributed by atoms with van der Waals surface area (Å²) < 4.78 is 119. The molecule has 6 N–H and O–H groups in total. The lowest BCUT2D eigenvalue weighted by atomic mass is 9.94. The molecule has 2 saturated heterocycles. The molecular formula is C12H23NO16S3. The van der Waals surface area contributed by atoms with E-state index in [1.807, 2.05) is 0 Å². The van der Waals surface area contributed by atoms with E-state index in [1.54, 1.807) is 4.72 Å². The largest absolute Gasteiger partial charge is 0.397 e. The van der Waals surface area contributed by atoms with Crippen molar-refractivity contribution in [1.29, 1.82) is 0 Å². The molecule has 0 aliphatic carbocycles. The van der Waals surface area contributed by atoms with Gasteiger partial charge in [0, 0.05) is 6.42 Å². The minimum absolute atomic E-state index is 0.394. The molecule has 0 saturated carbocycles. The second-order valence-electron chi connectivity index (χ2n) is 6.96. The van der Waals surface area contributed by atoms with E-state index in [1.165, 1.54) is 6.92 Å². The smallest absolute Gasteiger partial charge is 0.391 e. The van der Waals surface area contributed by atoms with Crippen molar-refractivity contribution < 1.29 is 71.7 Å². The van der Waals surface area contributed by atoms with Crippen molar-refractivity contribution in [3.63, 3.8) is 0 Å². The second-order valence-corrected chi connectivity index (χ2v) is 10.3. The van der Waals surface area contributed by atoms with Gasteiger partial charge in [-0.3, -0.25) is 13.7 Å². The van der Waals surface area contributed by atoms with Gasteiger partial charge in [-0.15, -0.1) is 0 Å². The van der Waals surface area contributed by atoms with E-state index >= 15 is 0 Å². The average molecular weight is 534 g/mol. The minimum Gasteiger partial charge on any atom is -0.391 e. The molecule has 0 bridgehead atoms. The zero-order valence-corrected chi connectivity index (χ0v) is 18.6. The fourth-order valence-electron chi connectivity index (χ4n) is 3.22. The Hall–Kier alpha value is -0.590. The summed E-state index contributed by atoms with van der Waals surface area (Å²) in [7, 11) is -14.9. The van der Waals surface area contributed by atoms with Crippen LogP contribution < -0.4 is 4.72 Å². The van der Waals surface area contributed by atoms with Gasteiger partial charge in [0.2, 0.25) is 0 Å². The van der Waals surface area contributed by atoms with Crippen LogP contribution in [-0.2, 0) is 53.7 Å². The number of hydrogen-bond acceptors (Lipinski definition) is 13. The molecular weight excluding hydrogens is 510 g/mol. The summed E-state index contributed by atoms with van der Waals surface area (Å²) in [5.41, 5.74) is 0. The summed E-state index contributed by atoms with van der Waals surface area (Å²) in [6.07, 6.45) is -11.3. The first-order valence-electron chi connectivity index (χ1n) is 8.76. The molecule has 8 unspecified atom stereocenters. The van der Waals surface area contributed by atoms with Gasteiger partial charge in [-0.05, 0) is 6.92 Å². The van der Waals surface area contributed by atoms with Crippen molar-refractivity contribution in [3.8, 4) is 0 Å². The number of hydrogen-bond donors (Lipinski definition) is 6. The molecule has 0 aromatic rings. The van der Waals surface area contributed by atoms with E-state index in [0.29, 0.717) is 0 Å². The van der Waals surface area contributed by atoms with E-state index in [2.05, 4.69) is 8.37 Å². The Bertz CT molecular complexity index is 949. The lowest BCUT2D eigenvalue weighted by Gasteiger charge is -2.45. The molecule has 2 rings (SSSR count). The molecule has 8 atom stereocenters. The normalized spacial score (nSPS) is 37.3. The zero-order chi connectivity index (χ0) is 24.5. The van der Waals surface area contributed by atoms with Gasteiger partial charge in [0.1, 0.15) is 24.4 Å². The molecule has 0 aromatic heterocycles. The van der Waals surface area contributed by atoms with E-state index < -0.39 is 99.7 Å². The molecule has 2 fully saturated rings. The molecule has 0 spiro atoms. The van der Waals surface area contributed by atoms with Crippen LogP contribution >= 0.6 is 0 Å². The highest BCUT2D eigenvalue weighted by molar-refractivity contribution is 7.83. The SMILES string of the molecule is CC1OC(COS(=O)(=O)O)C(OC2OCC(O)CC2OS(=O)(=O)O)C(O)C1NS(=O)(=O)O. The molecule has 2 heterocycles. The monoisotopic (exact) mass is 533 g/mol. The lowest BCUT2D eigenvalue weighted by Crippen LogP contribution is -2.65. The molecule has 0 amide bonds. The maximum atomic E-state index is 11.2. The van der Waals surface area contributed by atoms with Gasteiger partial charge in [-0.1, -0.05) is 0 Å². The Kier molecular flexibility index (Phi) is 8.94. The molecule has 20 heteroatoms. The quantitative estimate of drug-likeness (QED) is 0.156. The molecule has 2 aliphatic rings. The third kappa shape index (κ3) is 8.64. The van der Waals surface area contributed by atoms with E-state index in [0.717, 1.165) is 0 Å². The van der Waals surface area contributed by atoms with Gasteiger partial charge in [-0.25, -0.2) is 8.37 Å². The van der Waals surface area contributed by atoms with Crippen molar-refractivity contribution in [2.24, 2.45) is 0 Å². The Morgan fingerprint density at radius 3 is 2.19 bits per heavy atom. The zero-order valence-electron chi connectivity index (χ0n) is 16.2. The minimum atomic E-state index is -5.05. The molecule has 0 radical (unpaired) electrons. The summed E-state index contributed by atoms with van der Waals surface area (Å²) in [5.74, 6) is 0. The molecule has 32 heavy (non-hydrogen) atoms. The van der Waals surface area contributed by atoms with Crippen molar-refractivity contribution in [2.75, 3.05) is 13.2 Å². The van der Waals surface area contributed by atoms with Crippen LogP contribution in [0.25, 0.3) is 0 Å². The highest BCUT2D eigenvalue weighted by atomic mass is 32.3. The van der Waals surface area contributed by atoms with Crippen LogP contribution in [0.3, 0.4) is 0 Å². The Morgan fingerprint density at radius 1 is 1.03 bits per heavy atom. The number of ether oxygens (including phenoxy) is 3. The first kappa shape index (κ1) is 27.7. The van der Waals surface area contributed by atoms with Crippen molar-refractivity contribution >= 4 is 31.1 Å². The number of aliphatic hydroxyl groups excluding tert-OH is 2. The lowest BCUT2D eigenvalue weighted by molar-refractivity contribution is -0.293. The molecule has 17 nitrogen and oxygen atoms in total. The van der Waals surface area contributed by atoms with Crippen LogP contribution in [-0.4, -0.2) is 111 Å². The van der Waals surface area contributed by atoms with Crippen LogP contribution in [0.2, 0.25) is 0 Å². The van der Waals surface area contributed by atoms with Crippen LogP contribution in [0.5, 0.6) is 0 Å². The third-order valence-electron chi connectivity index (χ3n) is 4.43. The maximum absolute atomic E-state index is 11.2. The summed E-state index contributed by atoms with van der Waals surface area (Å²) in [6.45, 7) is -0.0852. The first-order chi connectivity index (χ1) is 14.5. The fourth-order valence-corrected chi connectivity index (χ4v) is 4.68. The maximum Gasteiger partial charge on any atom is 0.397 e. The number of rotatable bonds is 9. The van der Waals surface area contributed by atoms with Crippen LogP contribution in [0.4, 0.5) is 0 Å². The van der Waals surface area contributed by atoms with Gasteiger partial charge in [-0.2, -0.15) is 30.0 Å². The number of aliphatic hydroxyl groups is 2. The van der Waals surface area contributed by atoms with Gasteiger partial charge in [0.25, 0.3) is 0 Å². The van der Waals surface area contributed by atoms with Gasteiger partial charge < -0.3 is 24.4 Å². The third-order valence-corrected chi connectivity index (χ3v) is 5.92. The predicted molar refractivity (Wildman–Crippen MR) is 98.0 cm³/mol. The van der Waals surface area contributed by atoms with Gasteiger partial charge in [0.05, 0.1) is 31.5 Å². The highest BCUT2D eigenvalue weighted by Gasteiger charge is 2.49. The van der Waals surface area contributed by atoms with Crippen LogP contribution in [0.1, 0.15) is 13.3 Å². The summed E-state index contributed by atoms with van der Waals surface area (Å²) in [5, 5.41) is 20.3. The Balaban J connectivity index is 2.30.